The molecule has 0 spiro atoms. The Balaban J connectivity index is 1.79. The van der Waals surface area contributed by atoms with Crippen molar-refractivity contribution in [2.75, 3.05) is 17.7 Å². The number of para-hydroxylation sites is 1. The molecule has 3 amide bonds. The molecule has 1 aliphatic rings. The molecule has 1 aliphatic carbocycles. The highest BCUT2D eigenvalue weighted by molar-refractivity contribution is 6.31. The maximum atomic E-state index is 13.2. The van der Waals surface area contributed by atoms with Gasteiger partial charge < -0.3 is 20.7 Å². The Labute approximate surface area is 199 Å². The second-order valence-electron chi connectivity index (χ2n) is 8.41. The molecule has 0 bridgehead atoms. The molecular formula is C25H30ClN3O4. The van der Waals surface area contributed by atoms with E-state index in [1.165, 1.54) is 19.2 Å². The van der Waals surface area contributed by atoms with Crippen molar-refractivity contribution in [2.45, 2.75) is 52.0 Å². The van der Waals surface area contributed by atoms with Gasteiger partial charge >= 0.3 is 12.0 Å². The normalized spacial score (nSPS) is 14.8. The maximum absolute atomic E-state index is 13.2. The van der Waals surface area contributed by atoms with Crippen LogP contribution in [-0.2, 0) is 9.53 Å². The molecule has 1 saturated carbocycles. The fourth-order valence-electron chi connectivity index (χ4n) is 4.28. The first-order valence-electron chi connectivity index (χ1n) is 11.1. The van der Waals surface area contributed by atoms with Gasteiger partial charge in [0.05, 0.1) is 18.4 Å². The highest BCUT2D eigenvalue weighted by Crippen LogP contribution is 2.28. The number of urea groups is 1. The zero-order chi connectivity index (χ0) is 24.0. The van der Waals surface area contributed by atoms with Crippen LogP contribution in [0, 0.1) is 19.8 Å². The smallest absolute Gasteiger partial charge is 0.328 e. The minimum atomic E-state index is -0.741. The molecule has 2 aromatic rings. The number of hydrogen-bond donors (Lipinski definition) is 3. The number of carbonyl (C=O) groups is 3. The molecule has 0 aromatic heterocycles. The number of amides is 3. The second-order valence-corrected chi connectivity index (χ2v) is 8.84. The lowest BCUT2D eigenvalue weighted by Gasteiger charge is -2.29. The van der Waals surface area contributed by atoms with Crippen LogP contribution in [0.3, 0.4) is 0 Å². The van der Waals surface area contributed by atoms with Gasteiger partial charge in [0.1, 0.15) is 6.04 Å². The van der Waals surface area contributed by atoms with Crippen molar-refractivity contribution >= 4 is 40.9 Å². The van der Waals surface area contributed by atoms with Gasteiger partial charge in [-0.3, -0.25) is 4.79 Å². The van der Waals surface area contributed by atoms with E-state index in [1.54, 1.807) is 6.07 Å². The quantitative estimate of drug-likeness (QED) is 0.488. The molecule has 1 fully saturated rings. The summed E-state index contributed by atoms with van der Waals surface area (Å²) in [5.74, 6) is -0.923. The standard InChI is InChI=1S/C25H30ClN3O4/c1-15-8-7-9-16(2)21(15)29-25(32)27-20-14-18(26)12-13-19(20)23(30)28-22(24(31)33-3)17-10-5-4-6-11-17/h7-9,12-14,17,22H,4-6,10-11H2,1-3H3,(H,28,30)(H2,27,29,32)/t22-/m0/s1. The van der Waals surface area contributed by atoms with E-state index in [2.05, 4.69) is 16.0 Å². The van der Waals surface area contributed by atoms with E-state index in [0.717, 1.165) is 43.2 Å². The average Bonchev–Trinajstić information content (AvgIpc) is 2.80. The van der Waals surface area contributed by atoms with Gasteiger partial charge in [0, 0.05) is 10.7 Å². The molecule has 0 saturated heterocycles. The summed E-state index contributed by atoms with van der Waals surface area (Å²) in [4.78, 5) is 38.3. The number of rotatable bonds is 6. The van der Waals surface area contributed by atoms with E-state index in [0.29, 0.717) is 10.7 Å². The molecule has 2 aromatic carbocycles. The van der Waals surface area contributed by atoms with Gasteiger partial charge in [-0.25, -0.2) is 9.59 Å². The molecule has 3 N–H and O–H groups in total. The van der Waals surface area contributed by atoms with Crippen LogP contribution in [0.4, 0.5) is 16.2 Å². The van der Waals surface area contributed by atoms with Gasteiger partial charge in [-0.15, -0.1) is 0 Å². The summed E-state index contributed by atoms with van der Waals surface area (Å²) in [6.45, 7) is 3.80. The molecule has 0 aliphatic heterocycles. The first-order valence-corrected chi connectivity index (χ1v) is 11.5. The van der Waals surface area contributed by atoms with Gasteiger partial charge in [-0.2, -0.15) is 0 Å². The number of aryl methyl sites for hydroxylation is 2. The Morgan fingerprint density at radius 3 is 2.30 bits per heavy atom. The number of carbonyl (C=O) groups excluding carboxylic acids is 3. The number of esters is 1. The van der Waals surface area contributed by atoms with Crippen LogP contribution < -0.4 is 16.0 Å². The fraction of sp³-hybridized carbons (Fsp3) is 0.400. The number of ether oxygens (including phenoxy) is 1. The number of nitrogens with one attached hydrogen (secondary N) is 3. The lowest BCUT2D eigenvalue weighted by molar-refractivity contribution is -0.144. The number of anilines is 2. The zero-order valence-electron chi connectivity index (χ0n) is 19.2. The predicted octanol–water partition coefficient (Wildman–Crippen LogP) is 5.45. The van der Waals surface area contributed by atoms with Gasteiger partial charge in [0.15, 0.2) is 0 Å². The Bertz CT molecular complexity index is 1010. The summed E-state index contributed by atoms with van der Waals surface area (Å²) < 4.78 is 4.95. The Hall–Kier alpha value is -3.06. The number of hydrogen-bond acceptors (Lipinski definition) is 4. The lowest BCUT2D eigenvalue weighted by atomic mass is 9.83. The van der Waals surface area contributed by atoms with Crippen molar-refractivity contribution in [3.8, 4) is 0 Å². The van der Waals surface area contributed by atoms with E-state index in [4.69, 9.17) is 16.3 Å². The van der Waals surface area contributed by atoms with E-state index in [-0.39, 0.29) is 17.2 Å². The SMILES string of the molecule is COC(=O)[C@@H](NC(=O)c1ccc(Cl)cc1NC(=O)Nc1c(C)cccc1C)C1CCCCC1. The summed E-state index contributed by atoms with van der Waals surface area (Å²) in [5, 5.41) is 8.75. The lowest BCUT2D eigenvalue weighted by Crippen LogP contribution is -2.47. The van der Waals surface area contributed by atoms with E-state index >= 15 is 0 Å². The van der Waals surface area contributed by atoms with E-state index in [9.17, 15) is 14.4 Å². The summed E-state index contributed by atoms with van der Waals surface area (Å²) in [5.41, 5.74) is 2.99. The van der Waals surface area contributed by atoms with Crippen molar-refractivity contribution in [1.29, 1.82) is 0 Å². The first-order chi connectivity index (χ1) is 15.8. The highest BCUT2D eigenvalue weighted by Gasteiger charge is 2.32. The molecule has 1 atom stereocenters. The largest absolute Gasteiger partial charge is 0.467 e. The van der Waals surface area contributed by atoms with Crippen molar-refractivity contribution in [2.24, 2.45) is 5.92 Å². The molecule has 0 radical (unpaired) electrons. The van der Waals surface area contributed by atoms with Gasteiger partial charge in [0.25, 0.3) is 5.91 Å². The molecule has 176 valence electrons. The minimum absolute atomic E-state index is 0.0196. The monoisotopic (exact) mass is 471 g/mol. The summed E-state index contributed by atoms with van der Waals surface area (Å²) in [6.07, 6.45) is 4.85. The minimum Gasteiger partial charge on any atom is -0.467 e. The second kappa shape index (κ2) is 11.2. The molecule has 0 heterocycles. The van der Waals surface area contributed by atoms with Crippen LogP contribution in [-0.4, -0.2) is 31.1 Å². The highest BCUT2D eigenvalue weighted by atomic mass is 35.5. The van der Waals surface area contributed by atoms with Gasteiger partial charge in [-0.1, -0.05) is 49.1 Å². The summed E-state index contributed by atoms with van der Waals surface area (Å²) >= 11 is 6.14. The molecule has 7 nitrogen and oxygen atoms in total. The van der Waals surface area contributed by atoms with E-state index in [1.807, 2.05) is 32.0 Å². The number of halogens is 1. The number of benzene rings is 2. The van der Waals surface area contributed by atoms with Gasteiger partial charge in [-0.05, 0) is 61.9 Å². The van der Waals surface area contributed by atoms with Crippen molar-refractivity contribution < 1.29 is 19.1 Å². The topological polar surface area (TPSA) is 96.5 Å². The van der Waals surface area contributed by atoms with Crippen molar-refractivity contribution in [3.63, 3.8) is 0 Å². The molecule has 3 rings (SSSR count). The Morgan fingerprint density at radius 1 is 1.00 bits per heavy atom. The molecule has 33 heavy (non-hydrogen) atoms. The van der Waals surface area contributed by atoms with Crippen LogP contribution in [0.15, 0.2) is 36.4 Å². The van der Waals surface area contributed by atoms with Crippen LogP contribution in [0.2, 0.25) is 5.02 Å². The fourth-order valence-corrected chi connectivity index (χ4v) is 4.45. The molecule has 8 heteroatoms. The predicted molar refractivity (Wildman–Crippen MR) is 130 cm³/mol. The number of methoxy groups -OCH3 is 1. The van der Waals surface area contributed by atoms with Crippen LogP contribution in [0.25, 0.3) is 0 Å². The summed E-state index contributed by atoms with van der Waals surface area (Å²) in [6, 6.07) is 9.08. The van der Waals surface area contributed by atoms with Crippen molar-refractivity contribution in [3.05, 3.63) is 58.1 Å². The van der Waals surface area contributed by atoms with Crippen molar-refractivity contribution in [1.82, 2.24) is 5.32 Å². The van der Waals surface area contributed by atoms with Crippen LogP contribution in [0.5, 0.6) is 0 Å². The first kappa shape index (κ1) is 24.6. The van der Waals surface area contributed by atoms with Crippen LogP contribution in [0.1, 0.15) is 53.6 Å². The van der Waals surface area contributed by atoms with E-state index < -0.39 is 23.9 Å². The zero-order valence-corrected chi connectivity index (χ0v) is 19.9. The third-order valence-electron chi connectivity index (χ3n) is 6.06. The van der Waals surface area contributed by atoms with Crippen LogP contribution >= 0.6 is 11.6 Å². The molecular weight excluding hydrogens is 442 g/mol. The van der Waals surface area contributed by atoms with Gasteiger partial charge in [0.2, 0.25) is 0 Å². The average molecular weight is 472 g/mol. The third-order valence-corrected chi connectivity index (χ3v) is 6.29. The Morgan fingerprint density at radius 2 is 1.67 bits per heavy atom. The Kier molecular flexibility index (Phi) is 8.33. The third kappa shape index (κ3) is 6.26. The maximum Gasteiger partial charge on any atom is 0.328 e. The summed E-state index contributed by atoms with van der Waals surface area (Å²) in [7, 11) is 1.32. The molecule has 0 unspecified atom stereocenters.